The number of carbonyl (C=O) groups excluding carboxylic acids is 3. The van der Waals surface area contributed by atoms with E-state index in [2.05, 4.69) is 5.32 Å². The highest BCUT2D eigenvalue weighted by atomic mass is 19.3. The van der Waals surface area contributed by atoms with Crippen LogP contribution in [0.25, 0.3) is 0 Å². The number of nitrogens with one attached hydrogen (secondary N) is 2. The lowest BCUT2D eigenvalue weighted by Gasteiger charge is -2.23. The summed E-state index contributed by atoms with van der Waals surface area (Å²) in [6.45, 7) is 1.07. The Hall–Kier alpha value is -1.77. The van der Waals surface area contributed by atoms with E-state index in [1.807, 2.05) is 5.32 Å². The van der Waals surface area contributed by atoms with Crippen molar-refractivity contribution in [3.05, 3.63) is 0 Å². The van der Waals surface area contributed by atoms with Gasteiger partial charge >= 0.3 is 6.03 Å². The fourth-order valence-electron chi connectivity index (χ4n) is 2.05. The highest BCUT2D eigenvalue weighted by molar-refractivity contribution is 6.08. The maximum Gasteiger partial charge on any atom is 0.325 e. The smallest absolute Gasteiger partial charge is 0.325 e. The summed E-state index contributed by atoms with van der Waals surface area (Å²) in [5.41, 5.74) is 3.83. The molecule has 0 aromatic rings. The van der Waals surface area contributed by atoms with Crippen LogP contribution in [0.4, 0.5) is 13.6 Å². The second-order valence-corrected chi connectivity index (χ2v) is 4.95. The molecule has 0 radical (unpaired) electrons. The van der Waals surface area contributed by atoms with Gasteiger partial charge in [0.25, 0.3) is 11.8 Å². The molecule has 0 aliphatic carbocycles. The van der Waals surface area contributed by atoms with Gasteiger partial charge < -0.3 is 16.4 Å². The van der Waals surface area contributed by atoms with Crippen LogP contribution < -0.4 is 16.4 Å². The molecule has 7 nitrogen and oxygen atoms in total. The zero-order valence-electron chi connectivity index (χ0n) is 12.0. The molecule has 0 atom stereocenters. The quantitative estimate of drug-likeness (QED) is 0.567. The first-order chi connectivity index (χ1) is 9.71. The second kappa shape index (κ2) is 6.33. The molecule has 1 aliphatic heterocycles. The summed E-state index contributed by atoms with van der Waals surface area (Å²) in [6, 6.07) is -0.690. The number of imide groups is 1. The predicted octanol–water partition coefficient (Wildman–Crippen LogP) is -0.193. The van der Waals surface area contributed by atoms with Crippen molar-refractivity contribution in [1.29, 1.82) is 0 Å². The lowest BCUT2D eigenvalue weighted by molar-refractivity contribution is -0.135. The predicted molar refractivity (Wildman–Crippen MR) is 70.6 cm³/mol. The van der Waals surface area contributed by atoms with Crippen molar-refractivity contribution in [1.82, 2.24) is 15.5 Å². The molecule has 1 saturated heterocycles. The van der Waals surface area contributed by atoms with E-state index in [1.165, 1.54) is 0 Å². The van der Waals surface area contributed by atoms with Gasteiger partial charge in [-0.25, -0.2) is 13.6 Å². The van der Waals surface area contributed by atoms with E-state index in [4.69, 9.17) is 5.73 Å². The van der Waals surface area contributed by atoms with Gasteiger partial charge in [-0.15, -0.1) is 0 Å². The van der Waals surface area contributed by atoms with Gasteiger partial charge in [0, 0.05) is 0 Å². The van der Waals surface area contributed by atoms with Crippen LogP contribution in [0.3, 0.4) is 0 Å². The standard InChI is InChI=1S/C12H20F2N4O3/c1-3-11(4-2)9(20)18(10(21)17-11)5-8(19)16-7-12(13,14)6-15/h3-7,15H2,1-2H3,(H,16,19)(H,17,21). The summed E-state index contributed by atoms with van der Waals surface area (Å²) >= 11 is 0. The number of rotatable bonds is 7. The molecule has 4 N–H and O–H groups in total. The van der Waals surface area contributed by atoms with Gasteiger partial charge in [0.2, 0.25) is 5.91 Å². The van der Waals surface area contributed by atoms with E-state index < -0.39 is 48.9 Å². The molecule has 21 heavy (non-hydrogen) atoms. The molecule has 0 unspecified atom stereocenters. The lowest BCUT2D eigenvalue weighted by atomic mass is 9.93. The molecular formula is C12H20F2N4O3. The lowest BCUT2D eigenvalue weighted by Crippen LogP contribution is -2.48. The van der Waals surface area contributed by atoms with E-state index in [0.29, 0.717) is 12.8 Å². The van der Waals surface area contributed by atoms with Crippen LogP contribution in [0.15, 0.2) is 0 Å². The molecule has 0 aromatic heterocycles. The highest BCUT2D eigenvalue weighted by Gasteiger charge is 2.49. The van der Waals surface area contributed by atoms with Crippen molar-refractivity contribution in [2.75, 3.05) is 19.6 Å². The minimum absolute atomic E-state index is 0.386. The minimum Gasteiger partial charge on any atom is -0.348 e. The molecule has 1 aliphatic rings. The number of carbonyl (C=O) groups is 3. The molecule has 1 rings (SSSR count). The number of alkyl halides is 2. The van der Waals surface area contributed by atoms with E-state index in [9.17, 15) is 23.2 Å². The van der Waals surface area contributed by atoms with Gasteiger partial charge in [-0.1, -0.05) is 13.8 Å². The normalized spacial score (nSPS) is 17.9. The molecule has 0 bridgehead atoms. The molecule has 0 aromatic carbocycles. The first kappa shape index (κ1) is 17.3. The van der Waals surface area contributed by atoms with Gasteiger partial charge in [-0.3, -0.25) is 14.5 Å². The Bertz CT molecular complexity index is 438. The van der Waals surface area contributed by atoms with Crippen LogP contribution in [-0.4, -0.2) is 53.8 Å². The highest BCUT2D eigenvalue weighted by Crippen LogP contribution is 2.24. The SMILES string of the molecule is CCC1(CC)NC(=O)N(CC(=O)NCC(F)(F)CN)C1=O. The largest absolute Gasteiger partial charge is 0.348 e. The average Bonchev–Trinajstić information content (AvgIpc) is 2.70. The Kier molecular flexibility index (Phi) is 5.21. The van der Waals surface area contributed by atoms with Crippen molar-refractivity contribution < 1.29 is 23.2 Å². The van der Waals surface area contributed by atoms with Gasteiger partial charge in [-0.2, -0.15) is 0 Å². The molecular weight excluding hydrogens is 286 g/mol. The third-order valence-corrected chi connectivity index (χ3v) is 3.60. The Morgan fingerprint density at radius 1 is 1.38 bits per heavy atom. The number of hydrogen-bond donors (Lipinski definition) is 3. The Morgan fingerprint density at radius 3 is 2.38 bits per heavy atom. The summed E-state index contributed by atoms with van der Waals surface area (Å²) in [5, 5.41) is 4.51. The van der Waals surface area contributed by atoms with Gasteiger partial charge in [-0.05, 0) is 12.8 Å². The van der Waals surface area contributed by atoms with Crippen molar-refractivity contribution in [3.8, 4) is 0 Å². The summed E-state index contributed by atoms with van der Waals surface area (Å²) in [5.74, 6) is -4.57. The topological polar surface area (TPSA) is 105 Å². The second-order valence-electron chi connectivity index (χ2n) is 4.95. The number of nitrogens with two attached hydrogens (primary N) is 1. The molecule has 1 fully saturated rings. The number of amides is 4. The monoisotopic (exact) mass is 306 g/mol. The first-order valence-corrected chi connectivity index (χ1v) is 6.70. The van der Waals surface area contributed by atoms with E-state index in [1.54, 1.807) is 13.8 Å². The molecule has 120 valence electrons. The minimum atomic E-state index is -3.22. The molecule has 4 amide bonds. The Morgan fingerprint density at radius 2 is 1.95 bits per heavy atom. The molecule has 0 saturated carbocycles. The fraction of sp³-hybridized carbons (Fsp3) is 0.750. The van der Waals surface area contributed by atoms with E-state index in [0.717, 1.165) is 4.90 Å². The summed E-state index contributed by atoms with van der Waals surface area (Å²) < 4.78 is 25.8. The number of hydrogen-bond acceptors (Lipinski definition) is 4. The summed E-state index contributed by atoms with van der Waals surface area (Å²) in [6.07, 6.45) is 0.773. The van der Waals surface area contributed by atoms with E-state index in [-0.39, 0.29) is 0 Å². The van der Waals surface area contributed by atoms with Crippen LogP contribution in [0, 0.1) is 0 Å². The maximum absolute atomic E-state index is 12.9. The first-order valence-electron chi connectivity index (χ1n) is 6.70. The third kappa shape index (κ3) is 3.66. The summed E-state index contributed by atoms with van der Waals surface area (Å²) in [4.78, 5) is 36.3. The molecule has 0 spiro atoms. The number of halogens is 2. The van der Waals surface area contributed by atoms with E-state index >= 15 is 0 Å². The third-order valence-electron chi connectivity index (χ3n) is 3.60. The van der Waals surface area contributed by atoms with Crippen molar-refractivity contribution in [2.45, 2.75) is 38.2 Å². The van der Waals surface area contributed by atoms with Crippen molar-refractivity contribution >= 4 is 17.8 Å². The maximum atomic E-state index is 12.9. The molecule has 9 heteroatoms. The van der Waals surface area contributed by atoms with Crippen molar-refractivity contribution in [2.24, 2.45) is 5.73 Å². The van der Waals surface area contributed by atoms with Gasteiger partial charge in [0.15, 0.2) is 0 Å². The molecule has 1 heterocycles. The van der Waals surface area contributed by atoms with Crippen LogP contribution in [0.2, 0.25) is 0 Å². The Labute approximate surface area is 121 Å². The van der Waals surface area contributed by atoms with Gasteiger partial charge in [0.1, 0.15) is 12.1 Å². The number of urea groups is 1. The number of nitrogens with zero attached hydrogens (tertiary/aromatic N) is 1. The average molecular weight is 306 g/mol. The summed E-state index contributed by atoms with van der Waals surface area (Å²) in [7, 11) is 0. The zero-order valence-corrected chi connectivity index (χ0v) is 12.0. The Balaban J connectivity index is 2.65. The zero-order chi connectivity index (χ0) is 16.3. The van der Waals surface area contributed by atoms with Crippen LogP contribution in [0.5, 0.6) is 0 Å². The van der Waals surface area contributed by atoms with Crippen LogP contribution in [0.1, 0.15) is 26.7 Å². The van der Waals surface area contributed by atoms with Gasteiger partial charge in [0.05, 0.1) is 13.1 Å². The van der Waals surface area contributed by atoms with Crippen LogP contribution in [-0.2, 0) is 9.59 Å². The van der Waals surface area contributed by atoms with Crippen molar-refractivity contribution in [3.63, 3.8) is 0 Å². The fourth-order valence-corrected chi connectivity index (χ4v) is 2.05. The van der Waals surface area contributed by atoms with Crippen LogP contribution >= 0.6 is 0 Å².